The van der Waals surface area contributed by atoms with Crippen LogP contribution >= 0.6 is 12.4 Å². The molecule has 1 aromatic heterocycles. The molecule has 1 aliphatic rings. The fourth-order valence-electron chi connectivity index (χ4n) is 2.83. The molecular formula is C17H18ClNO. The SMILES string of the molecule is Cl.O=C1c2ccccc2CCC1CCc1ccncc1. The first-order chi connectivity index (χ1) is 9.34. The van der Waals surface area contributed by atoms with Crippen LogP contribution in [-0.2, 0) is 12.8 Å². The van der Waals surface area contributed by atoms with Crippen molar-refractivity contribution in [1.29, 1.82) is 0 Å². The van der Waals surface area contributed by atoms with Crippen LogP contribution in [0.2, 0.25) is 0 Å². The van der Waals surface area contributed by atoms with Gasteiger partial charge in [0.2, 0.25) is 0 Å². The van der Waals surface area contributed by atoms with Gasteiger partial charge in [-0.1, -0.05) is 24.3 Å². The molecule has 2 nitrogen and oxygen atoms in total. The minimum Gasteiger partial charge on any atom is -0.294 e. The lowest BCUT2D eigenvalue weighted by atomic mass is 9.80. The molecule has 0 fully saturated rings. The monoisotopic (exact) mass is 287 g/mol. The number of aromatic nitrogens is 1. The summed E-state index contributed by atoms with van der Waals surface area (Å²) in [4.78, 5) is 16.4. The molecule has 1 heterocycles. The van der Waals surface area contributed by atoms with Gasteiger partial charge in [-0.2, -0.15) is 0 Å². The van der Waals surface area contributed by atoms with Crippen molar-refractivity contribution in [1.82, 2.24) is 4.98 Å². The lowest BCUT2D eigenvalue weighted by molar-refractivity contribution is 0.0895. The molecule has 0 amide bonds. The average molecular weight is 288 g/mol. The van der Waals surface area contributed by atoms with Crippen molar-refractivity contribution in [2.75, 3.05) is 0 Å². The third-order valence-electron chi connectivity index (χ3n) is 3.95. The number of aryl methyl sites for hydroxylation is 2. The van der Waals surface area contributed by atoms with Gasteiger partial charge < -0.3 is 0 Å². The summed E-state index contributed by atoms with van der Waals surface area (Å²) >= 11 is 0. The van der Waals surface area contributed by atoms with Crippen LogP contribution in [0, 0.1) is 5.92 Å². The van der Waals surface area contributed by atoms with Crippen LogP contribution in [0.3, 0.4) is 0 Å². The van der Waals surface area contributed by atoms with Crippen LogP contribution in [0.1, 0.15) is 34.3 Å². The topological polar surface area (TPSA) is 30.0 Å². The normalized spacial score (nSPS) is 17.2. The zero-order valence-corrected chi connectivity index (χ0v) is 12.1. The highest BCUT2D eigenvalue weighted by atomic mass is 35.5. The van der Waals surface area contributed by atoms with E-state index in [-0.39, 0.29) is 18.3 Å². The maximum atomic E-state index is 12.4. The molecule has 0 saturated heterocycles. The Hall–Kier alpha value is -1.67. The number of fused-ring (bicyclic) bond motifs is 1. The minimum atomic E-state index is 0. The van der Waals surface area contributed by atoms with Crippen LogP contribution in [0.25, 0.3) is 0 Å². The van der Waals surface area contributed by atoms with E-state index in [1.54, 1.807) is 0 Å². The first kappa shape index (κ1) is 14.7. The van der Waals surface area contributed by atoms with Gasteiger partial charge in [-0.15, -0.1) is 12.4 Å². The van der Waals surface area contributed by atoms with E-state index in [4.69, 9.17) is 0 Å². The second-order valence-corrected chi connectivity index (χ2v) is 5.15. The lowest BCUT2D eigenvalue weighted by Gasteiger charge is -2.23. The Labute approximate surface area is 125 Å². The van der Waals surface area contributed by atoms with Gasteiger partial charge in [0.25, 0.3) is 0 Å². The molecule has 1 atom stereocenters. The summed E-state index contributed by atoms with van der Waals surface area (Å²) < 4.78 is 0. The second kappa shape index (κ2) is 6.67. The number of ketones is 1. The van der Waals surface area contributed by atoms with Gasteiger partial charge in [-0.05, 0) is 48.9 Å². The van der Waals surface area contributed by atoms with Crippen molar-refractivity contribution in [3.8, 4) is 0 Å². The number of halogens is 1. The van der Waals surface area contributed by atoms with Crippen molar-refractivity contribution in [2.45, 2.75) is 25.7 Å². The standard InChI is InChI=1S/C17H17NO.ClH/c19-17-15(6-5-13-9-11-18-12-10-13)8-7-14-3-1-2-4-16(14)17;/h1-4,9-12,15H,5-8H2;1H. The van der Waals surface area contributed by atoms with Gasteiger partial charge in [-0.25, -0.2) is 0 Å². The first-order valence-electron chi connectivity index (χ1n) is 6.85. The highest BCUT2D eigenvalue weighted by Gasteiger charge is 2.26. The molecule has 3 rings (SSSR count). The molecule has 2 aromatic rings. The third-order valence-corrected chi connectivity index (χ3v) is 3.95. The van der Waals surface area contributed by atoms with E-state index in [9.17, 15) is 4.79 Å². The highest BCUT2D eigenvalue weighted by molar-refractivity contribution is 6.00. The molecular weight excluding hydrogens is 270 g/mol. The number of carbonyl (C=O) groups is 1. The average Bonchev–Trinajstić information content (AvgIpc) is 2.48. The van der Waals surface area contributed by atoms with Crippen molar-refractivity contribution < 1.29 is 4.79 Å². The van der Waals surface area contributed by atoms with Crippen molar-refractivity contribution in [2.24, 2.45) is 5.92 Å². The van der Waals surface area contributed by atoms with E-state index < -0.39 is 0 Å². The Morgan fingerprint density at radius 2 is 1.85 bits per heavy atom. The van der Waals surface area contributed by atoms with Crippen LogP contribution < -0.4 is 0 Å². The molecule has 0 bridgehead atoms. The van der Waals surface area contributed by atoms with E-state index in [1.165, 1.54) is 11.1 Å². The summed E-state index contributed by atoms with van der Waals surface area (Å²) in [7, 11) is 0. The van der Waals surface area contributed by atoms with Gasteiger partial charge in [-0.3, -0.25) is 9.78 Å². The summed E-state index contributed by atoms with van der Waals surface area (Å²) in [5, 5.41) is 0. The van der Waals surface area contributed by atoms with E-state index in [0.717, 1.165) is 31.2 Å². The number of pyridine rings is 1. The fraction of sp³-hybridized carbons (Fsp3) is 0.294. The molecule has 3 heteroatoms. The minimum absolute atomic E-state index is 0. The highest BCUT2D eigenvalue weighted by Crippen LogP contribution is 2.28. The molecule has 104 valence electrons. The Morgan fingerprint density at radius 3 is 2.65 bits per heavy atom. The van der Waals surface area contributed by atoms with Crippen LogP contribution in [0.15, 0.2) is 48.8 Å². The fourth-order valence-corrected chi connectivity index (χ4v) is 2.83. The maximum absolute atomic E-state index is 12.4. The largest absolute Gasteiger partial charge is 0.294 e. The molecule has 0 N–H and O–H groups in total. The Kier molecular flexibility index (Phi) is 4.91. The van der Waals surface area contributed by atoms with Crippen molar-refractivity contribution in [3.05, 3.63) is 65.5 Å². The van der Waals surface area contributed by atoms with Gasteiger partial charge in [0, 0.05) is 23.9 Å². The number of hydrogen-bond donors (Lipinski definition) is 0. The van der Waals surface area contributed by atoms with E-state index in [2.05, 4.69) is 11.1 Å². The molecule has 20 heavy (non-hydrogen) atoms. The molecule has 0 radical (unpaired) electrons. The Morgan fingerprint density at radius 1 is 1.10 bits per heavy atom. The van der Waals surface area contributed by atoms with Gasteiger partial charge >= 0.3 is 0 Å². The Balaban J connectivity index is 0.00000147. The third kappa shape index (κ3) is 3.07. The lowest BCUT2D eigenvalue weighted by Crippen LogP contribution is -2.23. The van der Waals surface area contributed by atoms with Crippen LogP contribution in [0.5, 0.6) is 0 Å². The number of Topliss-reactive ketones (excluding diaryl/α,β-unsaturated/α-hetero) is 1. The number of carbonyl (C=O) groups excluding carboxylic acids is 1. The Bertz CT molecular complexity index is 583. The first-order valence-corrected chi connectivity index (χ1v) is 6.85. The number of rotatable bonds is 3. The van der Waals surface area contributed by atoms with Gasteiger partial charge in [0.15, 0.2) is 5.78 Å². The zero-order valence-electron chi connectivity index (χ0n) is 11.3. The van der Waals surface area contributed by atoms with Crippen LogP contribution in [0.4, 0.5) is 0 Å². The van der Waals surface area contributed by atoms with Gasteiger partial charge in [0.05, 0.1) is 0 Å². The number of nitrogens with zero attached hydrogens (tertiary/aromatic N) is 1. The summed E-state index contributed by atoms with van der Waals surface area (Å²) in [6.07, 6.45) is 7.54. The molecule has 0 spiro atoms. The van der Waals surface area contributed by atoms with Crippen molar-refractivity contribution in [3.63, 3.8) is 0 Å². The predicted molar refractivity (Wildman–Crippen MR) is 82.4 cm³/mol. The molecule has 1 aromatic carbocycles. The molecule has 0 saturated carbocycles. The smallest absolute Gasteiger partial charge is 0.166 e. The van der Waals surface area contributed by atoms with E-state index in [1.807, 2.05) is 42.7 Å². The number of hydrogen-bond acceptors (Lipinski definition) is 2. The molecule has 1 aliphatic carbocycles. The zero-order chi connectivity index (χ0) is 13.1. The summed E-state index contributed by atoms with van der Waals surface area (Å²) in [5.74, 6) is 0.513. The summed E-state index contributed by atoms with van der Waals surface area (Å²) in [6.45, 7) is 0. The van der Waals surface area contributed by atoms with E-state index in [0.29, 0.717) is 5.78 Å². The molecule has 0 aliphatic heterocycles. The summed E-state index contributed by atoms with van der Waals surface area (Å²) in [6, 6.07) is 12.1. The van der Waals surface area contributed by atoms with E-state index >= 15 is 0 Å². The summed E-state index contributed by atoms with van der Waals surface area (Å²) in [5.41, 5.74) is 3.42. The maximum Gasteiger partial charge on any atom is 0.166 e. The quantitative estimate of drug-likeness (QED) is 0.857. The second-order valence-electron chi connectivity index (χ2n) is 5.15. The predicted octanol–water partition coefficient (Wildman–Crippen LogP) is 3.88. The van der Waals surface area contributed by atoms with Gasteiger partial charge in [0.1, 0.15) is 0 Å². The van der Waals surface area contributed by atoms with Crippen LogP contribution in [-0.4, -0.2) is 10.8 Å². The molecule has 1 unspecified atom stereocenters. The number of benzene rings is 1. The van der Waals surface area contributed by atoms with Crippen molar-refractivity contribution >= 4 is 18.2 Å².